The van der Waals surface area contributed by atoms with Gasteiger partial charge in [-0.1, -0.05) is 37.5 Å². The maximum atomic E-state index is 14.6. The summed E-state index contributed by atoms with van der Waals surface area (Å²) in [6.45, 7) is 1.48. The van der Waals surface area contributed by atoms with Crippen LogP contribution in [0, 0.1) is 11.8 Å². The molecule has 2 N–H and O–H groups in total. The minimum Gasteiger partial charge on any atom is -0.480 e. The molecule has 0 bridgehead atoms. The molecule has 3 rings (SSSR count). The van der Waals surface area contributed by atoms with Gasteiger partial charge in [-0.2, -0.15) is 13.2 Å². The van der Waals surface area contributed by atoms with E-state index in [9.17, 15) is 37.1 Å². The van der Waals surface area contributed by atoms with E-state index < -0.39 is 59.0 Å². The predicted molar refractivity (Wildman–Crippen MR) is 112 cm³/mol. The standard InChI is InChI=1S/C22H27ClF4N2O4/c1-21(23)11-5-8-12(16(21)24)9-10-14-15(19(31)32)29(18(14)30)20(33)28-17(22(25,26)27)13-6-3-2-4-7-13/h5,8,11,13-17H,2-4,6-7,9-10H2,1H3,(H,28,33)(H,31,32)/t14-,15+,16?,17+,21?/m1/s1. The fraction of sp³-hybridized carbons (Fsp3) is 0.682. The average molecular weight is 495 g/mol. The fourth-order valence-electron chi connectivity index (χ4n) is 4.90. The van der Waals surface area contributed by atoms with Gasteiger partial charge in [-0.3, -0.25) is 4.79 Å². The number of alkyl halides is 5. The van der Waals surface area contributed by atoms with Gasteiger partial charge in [-0.25, -0.2) is 18.9 Å². The van der Waals surface area contributed by atoms with Crippen molar-refractivity contribution in [1.29, 1.82) is 0 Å². The van der Waals surface area contributed by atoms with Gasteiger partial charge in [-0.05, 0) is 44.1 Å². The Balaban J connectivity index is 1.68. The highest BCUT2D eigenvalue weighted by atomic mass is 35.5. The highest BCUT2D eigenvalue weighted by Gasteiger charge is 2.56. The summed E-state index contributed by atoms with van der Waals surface area (Å²) >= 11 is 6.09. The number of hydrogen-bond donors (Lipinski definition) is 2. The molecule has 2 unspecified atom stereocenters. The smallest absolute Gasteiger partial charge is 0.408 e. The largest absolute Gasteiger partial charge is 0.480 e. The molecule has 0 aromatic rings. The van der Waals surface area contributed by atoms with Crippen molar-refractivity contribution < 1.29 is 37.1 Å². The second-order valence-corrected chi connectivity index (χ2v) is 9.93. The number of allylic oxidation sites excluding steroid dienone is 4. The summed E-state index contributed by atoms with van der Waals surface area (Å²) in [5.41, 5.74) is 0.282. The molecule has 3 aliphatic rings. The molecular weight excluding hydrogens is 468 g/mol. The molecule has 1 aliphatic heterocycles. The van der Waals surface area contributed by atoms with Crippen molar-refractivity contribution in [1.82, 2.24) is 10.2 Å². The Morgan fingerprint density at radius 1 is 1.30 bits per heavy atom. The monoisotopic (exact) mass is 494 g/mol. The molecule has 1 heterocycles. The van der Waals surface area contributed by atoms with Crippen molar-refractivity contribution >= 4 is 29.5 Å². The number of carbonyl (C=O) groups is 3. The van der Waals surface area contributed by atoms with E-state index in [0.29, 0.717) is 17.7 Å². The maximum absolute atomic E-state index is 14.6. The third kappa shape index (κ3) is 5.36. The predicted octanol–water partition coefficient (Wildman–Crippen LogP) is 4.73. The number of nitrogens with zero attached hydrogens (tertiary/aromatic N) is 1. The second-order valence-electron chi connectivity index (χ2n) is 9.12. The van der Waals surface area contributed by atoms with Crippen molar-refractivity contribution in [2.45, 2.75) is 81.2 Å². The Morgan fingerprint density at radius 3 is 2.52 bits per heavy atom. The van der Waals surface area contributed by atoms with E-state index in [1.807, 2.05) is 5.32 Å². The first kappa shape index (κ1) is 25.5. The number of carboxylic acids is 1. The van der Waals surface area contributed by atoms with E-state index in [1.165, 1.54) is 19.1 Å². The molecule has 1 saturated heterocycles. The molecule has 11 heteroatoms. The first-order valence-electron chi connectivity index (χ1n) is 11.0. The molecular formula is C22H27ClF4N2O4. The van der Waals surface area contributed by atoms with Gasteiger partial charge < -0.3 is 10.4 Å². The number of halogens is 5. The van der Waals surface area contributed by atoms with Crippen LogP contribution in [0.3, 0.4) is 0 Å². The number of rotatable bonds is 6. The number of aliphatic carboxylic acids is 1. The van der Waals surface area contributed by atoms with Gasteiger partial charge in [-0.15, -0.1) is 11.6 Å². The van der Waals surface area contributed by atoms with Gasteiger partial charge >= 0.3 is 18.2 Å². The van der Waals surface area contributed by atoms with Gasteiger partial charge in [0, 0.05) is 0 Å². The number of β-lactam (4-membered cyclic amide) rings is 1. The van der Waals surface area contributed by atoms with Crippen LogP contribution in [0.5, 0.6) is 0 Å². The van der Waals surface area contributed by atoms with E-state index in [2.05, 4.69) is 0 Å². The number of imide groups is 1. The molecule has 5 atom stereocenters. The van der Waals surface area contributed by atoms with Gasteiger partial charge in [0.1, 0.15) is 12.2 Å². The van der Waals surface area contributed by atoms with Crippen LogP contribution < -0.4 is 5.32 Å². The molecule has 3 amide bonds. The van der Waals surface area contributed by atoms with Crippen LogP contribution in [0.2, 0.25) is 0 Å². The van der Waals surface area contributed by atoms with Crippen LogP contribution in [0.25, 0.3) is 0 Å². The molecule has 184 valence electrons. The SMILES string of the molecule is CC1(Cl)C=CC=C(CC[C@H]2C(=O)N(C(=O)N[C@@H](C3CCCCC3)C(F)(F)F)[C@@H]2C(=O)O)C1F. The Labute approximate surface area is 194 Å². The first-order valence-corrected chi connectivity index (χ1v) is 11.4. The maximum Gasteiger partial charge on any atom is 0.408 e. The first-order chi connectivity index (χ1) is 15.3. The molecule has 0 radical (unpaired) electrons. The van der Waals surface area contributed by atoms with Crippen molar-refractivity contribution in [3.63, 3.8) is 0 Å². The summed E-state index contributed by atoms with van der Waals surface area (Å²) in [6.07, 6.45) is 0.843. The van der Waals surface area contributed by atoms with E-state index in [0.717, 1.165) is 6.42 Å². The zero-order valence-corrected chi connectivity index (χ0v) is 18.8. The number of amides is 3. The lowest BCUT2D eigenvalue weighted by Crippen LogP contribution is -2.69. The number of urea groups is 1. The van der Waals surface area contributed by atoms with Crippen LogP contribution >= 0.6 is 11.6 Å². The Bertz CT molecular complexity index is 852. The van der Waals surface area contributed by atoms with E-state index >= 15 is 0 Å². The second kappa shape index (κ2) is 9.64. The Kier molecular flexibility index (Phi) is 7.45. The Hall–Kier alpha value is -2.10. The van der Waals surface area contributed by atoms with Crippen LogP contribution in [-0.2, 0) is 9.59 Å². The van der Waals surface area contributed by atoms with E-state index in [-0.39, 0.29) is 31.3 Å². The highest BCUT2D eigenvalue weighted by molar-refractivity contribution is 6.25. The zero-order valence-electron chi connectivity index (χ0n) is 18.1. The van der Waals surface area contributed by atoms with E-state index in [4.69, 9.17) is 11.6 Å². The zero-order chi connectivity index (χ0) is 24.6. The number of nitrogens with one attached hydrogen (secondary N) is 1. The average Bonchev–Trinajstić information content (AvgIpc) is 2.72. The minimum absolute atomic E-state index is 0.0245. The fourth-order valence-corrected chi connectivity index (χ4v) is 5.11. The summed E-state index contributed by atoms with van der Waals surface area (Å²) in [5, 5.41) is 11.4. The topological polar surface area (TPSA) is 86.7 Å². The summed E-state index contributed by atoms with van der Waals surface area (Å²) < 4.78 is 55.4. The lowest BCUT2D eigenvalue weighted by atomic mass is 9.80. The lowest BCUT2D eigenvalue weighted by Gasteiger charge is -2.44. The van der Waals surface area contributed by atoms with Crippen molar-refractivity contribution in [2.24, 2.45) is 11.8 Å². The lowest BCUT2D eigenvalue weighted by molar-refractivity contribution is -0.173. The van der Waals surface area contributed by atoms with Crippen LogP contribution in [-0.4, -0.2) is 57.2 Å². The van der Waals surface area contributed by atoms with Crippen molar-refractivity contribution in [2.75, 3.05) is 0 Å². The number of likely N-dealkylation sites (tertiary alicyclic amines) is 1. The molecule has 6 nitrogen and oxygen atoms in total. The third-order valence-electron chi connectivity index (χ3n) is 6.74. The number of carboxylic acid groups (broad SMARTS) is 1. The minimum atomic E-state index is -4.73. The summed E-state index contributed by atoms with van der Waals surface area (Å²) in [4.78, 5) is 36.0. The Morgan fingerprint density at radius 2 is 1.94 bits per heavy atom. The highest BCUT2D eigenvalue weighted by Crippen LogP contribution is 2.39. The summed E-state index contributed by atoms with van der Waals surface area (Å²) in [5.74, 6) is -4.36. The molecule has 2 aliphatic carbocycles. The van der Waals surface area contributed by atoms with Crippen LogP contribution in [0.1, 0.15) is 51.9 Å². The summed E-state index contributed by atoms with van der Waals surface area (Å²) in [7, 11) is 0. The normalized spacial score (nSPS) is 31.6. The van der Waals surface area contributed by atoms with Gasteiger partial charge in [0.25, 0.3) is 0 Å². The van der Waals surface area contributed by atoms with Gasteiger partial charge in [0.15, 0.2) is 6.04 Å². The number of carbonyl (C=O) groups excluding carboxylic acids is 2. The molecule has 0 spiro atoms. The van der Waals surface area contributed by atoms with E-state index in [1.54, 1.807) is 6.08 Å². The van der Waals surface area contributed by atoms with Gasteiger partial charge in [0.2, 0.25) is 5.91 Å². The van der Waals surface area contributed by atoms with Crippen molar-refractivity contribution in [3.8, 4) is 0 Å². The summed E-state index contributed by atoms with van der Waals surface area (Å²) in [6, 6.07) is -5.13. The molecule has 0 aromatic heterocycles. The molecule has 33 heavy (non-hydrogen) atoms. The molecule has 1 saturated carbocycles. The number of hydrogen-bond acceptors (Lipinski definition) is 3. The van der Waals surface area contributed by atoms with Crippen LogP contribution in [0.15, 0.2) is 23.8 Å². The molecule has 2 fully saturated rings. The quantitative estimate of drug-likeness (QED) is 0.317. The van der Waals surface area contributed by atoms with Crippen molar-refractivity contribution in [3.05, 3.63) is 23.8 Å². The van der Waals surface area contributed by atoms with Gasteiger partial charge in [0.05, 0.1) is 10.8 Å². The van der Waals surface area contributed by atoms with Crippen LogP contribution in [0.4, 0.5) is 22.4 Å². The molecule has 0 aromatic carbocycles. The third-order valence-corrected chi connectivity index (χ3v) is 7.05.